The molecule has 0 amide bonds. The second-order valence-corrected chi connectivity index (χ2v) is 2.40. The van der Waals surface area contributed by atoms with Crippen molar-refractivity contribution in [1.29, 1.82) is 0 Å². The molecule has 11 heavy (non-hydrogen) atoms. The van der Waals surface area contributed by atoms with Crippen LogP contribution in [0.4, 0.5) is 0 Å². The largest absolute Gasteiger partial charge is 1.00 e. The summed E-state index contributed by atoms with van der Waals surface area (Å²) in [5, 5.41) is 8.31. The summed E-state index contributed by atoms with van der Waals surface area (Å²) in [4.78, 5) is 0. The van der Waals surface area contributed by atoms with Crippen molar-refractivity contribution >= 4 is 11.4 Å². The molecule has 3 N–H and O–H groups in total. The number of hydrogen-bond acceptors (Lipinski definition) is 5. The Kier molecular flexibility index (Phi) is 12.0. The molecule has 2 unspecified atom stereocenters. The SMILES string of the molecule is NC(CCO)COS(=O)[O-].[H-].[Na+]. The molecule has 0 bridgehead atoms. The Morgan fingerprint density at radius 3 is 2.73 bits per heavy atom. The molecule has 0 saturated heterocycles. The van der Waals surface area contributed by atoms with E-state index in [1.165, 1.54) is 0 Å². The molecule has 0 aromatic carbocycles. The number of rotatable bonds is 5. The van der Waals surface area contributed by atoms with Crippen LogP contribution in [0.3, 0.4) is 0 Å². The molecule has 0 aliphatic heterocycles. The molecule has 5 nitrogen and oxygen atoms in total. The summed E-state index contributed by atoms with van der Waals surface area (Å²) >= 11 is -2.50. The zero-order valence-electron chi connectivity index (χ0n) is 7.36. The first-order chi connectivity index (χ1) is 4.66. The van der Waals surface area contributed by atoms with Gasteiger partial charge in [-0.3, -0.25) is 4.18 Å². The summed E-state index contributed by atoms with van der Waals surface area (Å²) in [6.07, 6.45) is 0.344. The molecule has 0 heterocycles. The molecule has 0 fully saturated rings. The van der Waals surface area contributed by atoms with Crippen LogP contribution >= 0.6 is 0 Å². The zero-order valence-corrected chi connectivity index (χ0v) is 9.17. The van der Waals surface area contributed by atoms with Gasteiger partial charge in [0.1, 0.15) is 0 Å². The predicted molar refractivity (Wildman–Crippen MR) is 35.7 cm³/mol. The molecule has 2 atom stereocenters. The standard InChI is InChI=1S/C4H11NO4S.Na.H/c5-4(1-2-6)3-9-10(7)8;;/h4,6H,1-3,5H2,(H,7,8);;/q;+1;-1/p-1. The fraction of sp³-hybridized carbons (Fsp3) is 1.00. The minimum Gasteiger partial charge on any atom is -1.00 e. The van der Waals surface area contributed by atoms with E-state index in [4.69, 9.17) is 10.8 Å². The maximum absolute atomic E-state index is 9.77. The molecule has 0 aliphatic carbocycles. The minimum absolute atomic E-state index is 0. The van der Waals surface area contributed by atoms with E-state index in [0.29, 0.717) is 6.42 Å². The van der Waals surface area contributed by atoms with E-state index in [1.54, 1.807) is 0 Å². The first-order valence-electron chi connectivity index (χ1n) is 2.75. The van der Waals surface area contributed by atoms with E-state index in [1.807, 2.05) is 0 Å². The molecule has 0 spiro atoms. The van der Waals surface area contributed by atoms with E-state index in [-0.39, 0.29) is 44.2 Å². The van der Waals surface area contributed by atoms with Crippen molar-refractivity contribution in [3.05, 3.63) is 0 Å². The van der Waals surface area contributed by atoms with E-state index in [0.717, 1.165) is 0 Å². The summed E-state index contributed by atoms with van der Waals surface area (Å²) in [6.45, 7) is -0.132. The first-order valence-corrected chi connectivity index (χ1v) is 3.75. The van der Waals surface area contributed by atoms with Crippen LogP contribution in [0.25, 0.3) is 0 Å². The Hall–Kier alpha value is 0.990. The summed E-state index contributed by atoms with van der Waals surface area (Å²) in [6, 6.07) is -0.414. The van der Waals surface area contributed by atoms with Gasteiger partial charge >= 0.3 is 29.6 Å². The van der Waals surface area contributed by atoms with E-state index >= 15 is 0 Å². The van der Waals surface area contributed by atoms with Crippen LogP contribution in [-0.2, 0) is 15.5 Å². The van der Waals surface area contributed by atoms with Gasteiger partial charge in [0.05, 0.1) is 18.0 Å². The molecule has 0 aromatic heterocycles. The van der Waals surface area contributed by atoms with Gasteiger partial charge in [-0.2, -0.15) is 0 Å². The maximum atomic E-state index is 9.77. The van der Waals surface area contributed by atoms with Gasteiger partial charge in [0.25, 0.3) is 0 Å². The summed E-state index contributed by atoms with van der Waals surface area (Å²) in [5.74, 6) is 0. The van der Waals surface area contributed by atoms with Crippen molar-refractivity contribution in [3.63, 3.8) is 0 Å². The van der Waals surface area contributed by atoms with Crippen molar-refractivity contribution in [2.75, 3.05) is 13.2 Å². The fourth-order valence-electron chi connectivity index (χ4n) is 0.392. The van der Waals surface area contributed by atoms with Gasteiger partial charge in [-0.25, -0.2) is 4.21 Å². The Labute approximate surface area is 91.6 Å². The van der Waals surface area contributed by atoms with Crippen molar-refractivity contribution < 1.29 is 49.0 Å². The molecule has 7 heteroatoms. The van der Waals surface area contributed by atoms with Crippen molar-refractivity contribution in [1.82, 2.24) is 0 Å². The van der Waals surface area contributed by atoms with Crippen LogP contribution in [-0.4, -0.2) is 33.1 Å². The second kappa shape index (κ2) is 9.08. The van der Waals surface area contributed by atoms with Gasteiger partial charge in [-0.15, -0.1) is 0 Å². The van der Waals surface area contributed by atoms with Crippen molar-refractivity contribution in [2.24, 2.45) is 5.73 Å². The zero-order chi connectivity index (χ0) is 7.98. The quantitative estimate of drug-likeness (QED) is 0.339. The molecule has 0 aromatic rings. The molecule has 0 rings (SSSR count). The molecular formula is C4H11NNaO4S-. The predicted octanol–water partition coefficient (Wildman–Crippen LogP) is -4.38. The average molecular weight is 192 g/mol. The third kappa shape index (κ3) is 11.0. The monoisotopic (exact) mass is 192 g/mol. The van der Waals surface area contributed by atoms with E-state index < -0.39 is 17.4 Å². The van der Waals surface area contributed by atoms with Crippen LogP contribution < -0.4 is 35.3 Å². The molecule has 0 radical (unpaired) electrons. The Morgan fingerprint density at radius 2 is 2.36 bits per heavy atom. The van der Waals surface area contributed by atoms with Crippen molar-refractivity contribution in [2.45, 2.75) is 12.5 Å². The van der Waals surface area contributed by atoms with E-state index in [9.17, 15) is 8.76 Å². The molecule has 0 aliphatic rings. The normalized spacial score (nSPS) is 15.2. The van der Waals surface area contributed by atoms with E-state index in [2.05, 4.69) is 4.18 Å². The summed E-state index contributed by atoms with van der Waals surface area (Å²) < 4.78 is 23.7. The van der Waals surface area contributed by atoms with Gasteiger partial charge in [-0.1, -0.05) is 0 Å². The first kappa shape index (κ1) is 14.5. The van der Waals surface area contributed by atoms with Crippen LogP contribution in [0.1, 0.15) is 7.85 Å². The Morgan fingerprint density at radius 1 is 1.82 bits per heavy atom. The van der Waals surface area contributed by atoms with Gasteiger partial charge < -0.3 is 16.8 Å². The van der Waals surface area contributed by atoms with Gasteiger partial charge in [-0.05, 0) is 6.42 Å². The fourth-order valence-corrected chi connectivity index (χ4v) is 0.678. The van der Waals surface area contributed by atoms with Gasteiger partial charge in [0, 0.05) is 12.6 Å². The van der Waals surface area contributed by atoms with Crippen LogP contribution in [0.2, 0.25) is 0 Å². The Balaban J connectivity index is -0.000000405. The van der Waals surface area contributed by atoms with Crippen LogP contribution in [0.5, 0.6) is 0 Å². The maximum Gasteiger partial charge on any atom is 1.00 e. The molecule has 64 valence electrons. The summed E-state index contributed by atoms with van der Waals surface area (Å²) in [7, 11) is 0. The third-order valence-corrected chi connectivity index (χ3v) is 1.21. The number of aliphatic hydroxyl groups excluding tert-OH is 1. The van der Waals surface area contributed by atoms with Gasteiger partial charge in [0.2, 0.25) is 0 Å². The third-order valence-electron chi connectivity index (χ3n) is 0.878. The molecular weight excluding hydrogens is 181 g/mol. The second-order valence-electron chi connectivity index (χ2n) is 1.76. The van der Waals surface area contributed by atoms with Gasteiger partial charge in [0.15, 0.2) is 0 Å². The van der Waals surface area contributed by atoms with Crippen LogP contribution in [0.15, 0.2) is 0 Å². The minimum atomic E-state index is -2.50. The van der Waals surface area contributed by atoms with Crippen LogP contribution in [0, 0.1) is 0 Å². The van der Waals surface area contributed by atoms with Crippen molar-refractivity contribution in [3.8, 4) is 0 Å². The number of nitrogens with two attached hydrogens (primary N) is 1. The topological polar surface area (TPSA) is 95.6 Å². The number of aliphatic hydroxyl groups is 1. The Bertz CT molecular complexity index is 119. The summed E-state index contributed by atoms with van der Waals surface area (Å²) in [5.41, 5.74) is 5.27. The number of hydrogen-bond donors (Lipinski definition) is 2. The average Bonchev–Trinajstić information content (AvgIpc) is 1.85. The smallest absolute Gasteiger partial charge is 1.00 e. The molecule has 0 saturated carbocycles.